The summed E-state index contributed by atoms with van der Waals surface area (Å²) in [6.07, 6.45) is 1.62. The van der Waals surface area contributed by atoms with E-state index in [9.17, 15) is 4.79 Å². The molecule has 1 aromatic carbocycles. The topological polar surface area (TPSA) is 54.0 Å². The molecule has 6 heteroatoms. The molecular formula is C13H11Cl2N3O. The standard InChI is InChI=1S/C13H11Cl2N3O/c1-8-5-6-16-11(7-8)18-13(19)17-10-4-2-3-9(14)12(10)15/h2-7H,1H3,(H2,16,17,18,19). The Hall–Kier alpha value is -1.78. The van der Waals surface area contributed by atoms with Gasteiger partial charge in [0.2, 0.25) is 0 Å². The quantitative estimate of drug-likeness (QED) is 0.866. The molecule has 4 nitrogen and oxygen atoms in total. The number of nitrogens with one attached hydrogen (secondary N) is 2. The summed E-state index contributed by atoms with van der Waals surface area (Å²) < 4.78 is 0. The number of pyridine rings is 1. The monoisotopic (exact) mass is 295 g/mol. The molecule has 0 spiro atoms. The van der Waals surface area contributed by atoms with Gasteiger partial charge in [-0.3, -0.25) is 5.32 Å². The summed E-state index contributed by atoms with van der Waals surface area (Å²) in [7, 11) is 0. The highest BCUT2D eigenvalue weighted by molar-refractivity contribution is 6.44. The van der Waals surface area contributed by atoms with Crippen LogP contribution in [0.4, 0.5) is 16.3 Å². The van der Waals surface area contributed by atoms with Crippen molar-refractivity contribution in [2.45, 2.75) is 6.92 Å². The first-order valence-corrected chi connectivity index (χ1v) is 6.26. The van der Waals surface area contributed by atoms with E-state index in [2.05, 4.69) is 15.6 Å². The first kappa shape index (κ1) is 13.6. The molecule has 98 valence electrons. The van der Waals surface area contributed by atoms with Crippen LogP contribution in [-0.4, -0.2) is 11.0 Å². The predicted molar refractivity (Wildman–Crippen MR) is 78.1 cm³/mol. The maximum atomic E-state index is 11.8. The summed E-state index contributed by atoms with van der Waals surface area (Å²) in [5.74, 6) is 0.468. The Bertz CT molecular complexity index is 617. The number of rotatable bonds is 2. The summed E-state index contributed by atoms with van der Waals surface area (Å²) in [5.41, 5.74) is 1.45. The van der Waals surface area contributed by atoms with E-state index in [1.165, 1.54) is 0 Å². The third-order valence-electron chi connectivity index (χ3n) is 2.36. The molecule has 2 amide bonds. The average Bonchev–Trinajstić information content (AvgIpc) is 2.35. The lowest BCUT2D eigenvalue weighted by atomic mass is 10.3. The molecule has 2 N–H and O–H groups in total. The lowest BCUT2D eigenvalue weighted by molar-refractivity contribution is 0.262. The molecule has 0 aliphatic rings. The van der Waals surface area contributed by atoms with Gasteiger partial charge in [0.05, 0.1) is 15.7 Å². The molecule has 2 rings (SSSR count). The maximum absolute atomic E-state index is 11.8. The molecule has 19 heavy (non-hydrogen) atoms. The van der Waals surface area contributed by atoms with Crippen molar-refractivity contribution in [2.24, 2.45) is 0 Å². The van der Waals surface area contributed by atoms with E-state index in [0.717, 1.165) is 5.56 Å². The molecule has 1 heterocycles. The molecule has 0 saturated heterocycles. The Morgan fingerprint density at radius 2 is 2.00 bits per heavy atom. The second-order valence-electron chi connectivity index (χ2n) is 3.90. The van der Waals surface area contributed by atoms with Crippen molar-refractivity contribution in [1.29, 1.82) is 0 Å². The van der Waals surface area contributed by atoms with Crippen molar-refractivity contribution in [1.82, 2.24) is 4.98 Å². The van der Waals surface area contributed by atoms with Gasteiger partial charge in [-0.05, 0) is 36.8 Å². The molecule has 0 bridgehead atoms. The van der Waals surface area contributed by atoms with Crippen LogP contribution in [0.25, 0.3) is 0 Å². The van der Waals surface area contributed by atoms with Crippen LogP contribution >= 0.6 is 23.2 Å². The third kappa shape index (κ3) is 3.59. The second-order valence-corrected chi connectivity index (χ2v) is 4.68. The van der Waals surface area contributed by atoms with Crippen molar-refractivity contribution in [3.63, 3.8) is 0 Å². The molecule has 0 atom stereocenters. The van der Waals surface area contributed by atoms with E-state index >= 15 is 0 Å². The maximum Gasteiger partial charge on any atom is 0.324 e. The highest BCUT2D eigenvalue weighted by atomic mass is 35.5. The third-order valence-corrected chi connectivity index (χ3v) is 3.18. The molecule has 1 aromatic heterocycles. The van der Waals surface area contributed by atoms with Crippen LogP contribution in [0.15, 0.2) is 36.5 Å². The number of carbonyl (C=O) groups excluding carboxylic acids is 1. The number of benzene rings is 1. The number of urea groups is 1. The van der Waals surface area contributed by atoms with Crippen molar-refractivity contribution in [2.75, 3.05) is 10.6 Å². The fourth-order valence-corrected chi connectivity index (χ4v) is 1.82. The van der Waals surface area contributed by atoms with Gasteiger partial charge in [-0.15, -0.1) is 0 Å². The van der Waals surface area contributed by atoms with Crippen LogP contribution in [0.1, 0.15) is 5.56 Å². The number of amides is 2. The van der Waals surface area contributed by atoms with Crippen molar-refractivity contribution in [3.8, 4) is 0 Å². The first-order chi connectivity index (χ1) is 9.06. The number of anilines is 2. The van der Waals surface area contributed by atoms with Crippen LogP contribution in [0, 0.1) is 6.92 Å². The summed E-state index contributed by atoms with van der Waals surface area (Å²) in [6.45, 7) is 1.92. The molecular weight excluding hydrogens is 285 g/mol. The van der Waals surface area contributed by atoms with Crippen LogP contribution in [0.5, 0.6) is 0 Å². The molecule has 0 aliphatic heterocycles. The van der Waals surface area contributed by atoms with E-state index in [1.807, 2.05) is 13.0 Å². The number of hydrogen-bond acceptors (Lipinski definition) is 2. The fourth-order valence-electron chi connectivity index (χ4n) is 1.47. The Balaban J connectivity index is 2.08. The number of hydrogen-bond donors (Lipinski definition) is 2. The van der Waals surface area contributed by atoms with E-state index in [0.29, 0.717) is 21.6 Å². The van der Waals surface area contributed by atoms with Crippen molar-refractivity contribution < 1.29 is 4.79 Å². The molecule has 0 radical (unpaired) electrons. The van der Waals surface area contributed by atoms with Gasteiger partial charge >= 0.3 is 6.03 Å². The van der Waals surface area contributed by atoms with Gasteiger partial charge in [-0.1, -0.05) is 29.3 Å². The Morgan fingerprint density at radius 1 is 1.21 bits per heavy atom. The van der Waals surface area contributed by atoms with Gasteiger partial charge in [-0.25, -0.2) is 9.78 Å². The molecule has 0 aliphatic carbocycles. The lowest BCUT2D eigenvalue weighted by Gasteiger charge is -2.09. The zero-order chi connectivity index (χ0) is 13.8. The Morgan fingerprint density at radius 3 is 2.74 bits per heavy atom. The van der Waals surface area contributed by atoms with Gasteiger partial charge < -0.3 is 5.32 Å². The predicted octanol–water partition coefficient (Wildman–Crippen LogP) is 4.34. The minimum Gasteiger partial charge on any atom is -0.306 e. The number of aryl methyl sites for hydroxylation is 1. The van der Waals surface area contributed by atoms with E-state index in [1.54, 1.807) is 30.5 Å². The highest BCUT2D eigenvalue weighted by Gasteiger charge is 2.08. The van der Waals surface area contributed by atoms with Crippen LogP contribution in [-0.2, 0) is 0 Å². The van der Waals surface area contributed by atoms with Crippen LogP contribution in [0.2, 0.25) is 10.0 Å². The van der Waals surface area contributed by atoms with Crippen molar-refractivity contribution in [3.05, 3.63) is 52.1 Å². The Labute approximate surface area is 120 Å². The summed E-state index contributed by atoms with van der Waals surface area (Å²) >= 11 is 11.8. The minimum absolute atomic E-state index is 0.302. The van der Waals surface area contributed by atoms with Crippen molar-refractivity contribution >= 4 is 40.7 Å². The van der Waals surface area contributed by atoms with Gasteiger partial charge in [0.1, 0.15) is 5.82 Å². The van der Waals surface area contributed by atoms with E-state index in [4.69, 9.17) is 23.2 Å². The highest BCUT2D eigenvalue weighted by Crippen LogP contribution is 2.29. The average molecular weight is 296 g/mol. The van der Waals surface area contributed by atoms with Gasteiger partial charge in [0.25, 0.3) is 0 Å². The van der Waals surface area contributed by atoms with Gasteiger partial charge in [-0.2, -0.15) is 0 Å². The first-order valence-electron chi connectivity index (χ1n) is 5.51. The van der Waals surface area contributed by atoms with Gasteiger partial charge in [0.15, 0.2) is 0 Å². The zero-order valence-electron chi connectivity index (χ0n) is 10.1. The Kier molecular flexibility index (Phi) is 4.24. The van der Waals surface area contributed by atoms with Crippen LogP contribution in [0.3, 0.4) is 0 Å². The number of halogens is 2. The lowest BCUT2D eigenvalue weighted by Crippen LogP contribution is -2.20. The van der Waals surface area contributed by atoms with E-state index < -0.39 is 6.03 Å². The molecule has 2 aromatic rings. The second kappa shape index (κ2) is 5.91. The molecule has 0 saturated carbocycles. The number of aromatic nitrogens is 1. The minimum atomic E-state index is -0.428. The van der Waals surface area contributed by atoms with Gasteiger partial charge in [0, 0.05) is 6.20 Å². The number of nitrogens with zero attached hydrogens (tertiary/aromatic N) is 1. The van der Waals surface area contributed by atoms with E-state index in [-0.39, 0.29) is 0 Å². The largest absolute Gasteiger partial charge is 0.324 e. The zero-order valence-corrected chi connectivity index (χ0v) is 11.6. The summed E-state index contributed by atoms with van der Waals surface area (Å²) in [5, 5.41) is 5.91. The van der Waals surface area contributed by atoms with Crippen LogP contribution < -0.4 is 10.6 Å². The summed E-state index contributed by atoms with van der Waals surface area (Å²) in [6, 6.07) is 8.19. The summed E-state index contributed by atoms with van der Waals surface area (Å²) in [4.78, 5) is 15.8. The SMILES string of the molecule is Cc1ccnc(NC(=O)Nc2cccc(Cl)c2Cl)c1. The fraction of sp³-hybridized carbons (Fsp3) is 0.0769. The number of carbonyl (C=O) groups is 1. The normalized spacial score (nSPS) is 10.1. The molecule has 0 fully saturated rings. The molecule has 0 unspecified atom stereocenters. The smallest absolute Gasteiger partial charge is 0.306 e.